The van der Waals surface area contributed by atoms with Crippen molar-refractivity contribution in [3.8, 4) is 0 Å². The van der Waals surface area contributed by atoms with Crippen molar-refractivity contribution in [2.24, 2.45) is 4.99 Å². The van der Waals surface area contributed by atoms with Gasteiger partial charge in [0.05, 0.1) is 17.4 Å². The van der Waals surface area contributed by atoms with E-state index in [0.29, 0.717) is 6.04 Å². The van der Waals surface area contributed by atoms with Crippen molar-refractivity contribution in [3.63, 3.8) is 0 Å². The van der Waals surface area contributed by atoms with Crippen LogP contribution in [-0.4, -0.2) is 29.4 Å². The molecule has 1 unspecified atom stereocenters. The molecule has 0 N–H and O–H groups in total. The van der Waals surface area contributed by atoms with Crippen molar-refractivity contribution in [2.75, 3.05) is 7.05 Å². The molecule has 0 saturated carbocycles. The first-order valence-electron chi connectivity index (χ1n) is 3.74. The van der Waals surface area contributed by atoms with E-state index < -0.39 is 0 Å². The van der Waals surface area contributed by atoms with Crippen molar-refractivity contribution in [3.05, 3.63) is 0 Å². The summed E-state index contributed by atoms with van der Waals surface area (Å²) in [5.41, 5.74) is 0.110. The summed E-state index contributed by atoms with van der Waals surface area (Å²) in [6.45, 7) is 8.61. The molecule has 0 fully saturated rings. The van der Waals surface area contributed by atoms with Crippen LogP contribution in [0.25, 0.3) is 0 Å². The van der Waals surface area contributed by atoms with Gasteiger partial charge in [-0.05, 0) is 27.7 Å². The van der Waals surface area contributed by atoms with Gasteiger partial charge in [-0.2, -0.15) is 0 Å². The van der Waals surface area contributed by atoms with E-state index in [1.807, 2.05) is 0 Å². The summed E-state index contributed by atoms with van der Waals surface area (Å²) in [5.74, 6) is 1.15. The summed E-state index contributed by atoms with van der Waals surface area (Å²) in [6, 6.07) is 0.535. The van der Waals surface area contributed by atoms with Crippen LogP contribution in [0.3, 0.4) is 0 Å². The van der Waals surface area contributed by atoms with Gasteiger partial charge in [0.1, 0.15) is 0 Å². The number of nitrogens with zero attached hydrogens (tertiary/aromatic N) is 2. The van der Waals surface area contributed by atoms with Gasteiger partial charge >= 0.3 is 0 Å². The van der Waals surface area contributed by atoms with Crippen LogP contribution in [0.2, 0.25) is 0 Å². The second-order valence-corrected chi connectivity index (χ2v) is 3.60. The molecule has 0 bridgehead atoms. The van der Waals surface area contributed by atoms with Crippen LogP contribution < -0.4 is 0 Å². The van der Waals surface area contributed by atoms with E-state index in [0.717, 1.165) is 5.84 Å². The molecule has 0 amide bonds. The fraction of sp³-hybridized carbons (Fsp3) is 0.875. The minimum atomic E-state index is 0.110. The van der Waals surface area contributed by atoms with E-state index >= 15 is 0 Å². The smallest absolute Gasteiger partial charge is 0.0965 e. The Labute approximate surface area is 62.9 Å². The first-order valence-corrected chi connectivity index (χ1v) is 3.74. The molecule has 0 saturated heterocycles. The quantitative estimate of drug-likeness (QED) is 0.498. The number of rotatable bonds is 0. The first-order chi connectivity index (χ1) is 4.45. The first kappa shape index (κ1) is 7.58. The fourth-order valence-corrected chi connectivity index (χ4v) is 1.34. The maximum absolute atomic E-state index is 4.53. The molecule has 0 aliphatic carbocycles. The average molecular weight is 140 g/mol. The lowest BCUT2D eigenvalue weighted by molar-refractivity contribution is 0.311. The van der Waals surface area contributed by atoms with Gasteiger partial charge in [0.2, 0.25) is 0 Å². The summed E-state index contributed by atoms with van der Waals surface area (Å²) < 4.78 is 0. The predicted octanol–water partition coefficient (Wildman–Crippen LogP) is 1.52. The van der Waals surface area contributed by atoms with Gasteiger partial charge < -0.3 is 4.90 Å². The zero-order valence-electron chi connectivity index (χ0n) is 7.47. The van der Waals surface area contributed by atoms with Crippen molar-refractivity contribution in [2.45, 2.75) is 39.3 Å². The normalized spacial score (nSPS) is 30.7. The van der Waals surface area contributed by atoms with E-state index in [-0.39, 0.29) is 5.54 Å². The predicted molar refractivity (Wildman–Crippen MR) is 44.4 cm³/mol. The van der Waals surface area contributed by atoms with E-state index in [2.05, 4.69) is 44.6 Å². The molecular formula is C8H16N2. The molecule has 1 aliphatic rings. The molecule has 1 heterocycles. The summed E-state index contributed by atoms with van der Waals surface area (Å²) in [6.07, 6.45) is 0. The fourth-order valence-electron chi connectivity index (χ4n) is 1.34. The molecule has 1 rings (SSSR count). The van der Waals surface area contributed by atoms with Crippen LogP contribution in [0.1, 0.15) is 27.7 Å². The van der Waals surface area contributed by atoms with E-state index in [9.17, 15) is 0 Å². The molecule has 0 radical (unpaired) electrons. The summed E-state index contributed by atoms with van der Waals surface area (Å²) in [4.78, 5) is 6.75. The molecule has 2 nitrogen and oxygen atoms in total. The number of aliphatic imine (C=N–C) groups is 1. The van der Waals surface area contributed by atoms with E-state index in [4.69, 9.17) is 0 Å². The van der Waals surface area contributed by atoms with Crippen molar-refractivity contribution < 1.29 is 0 Å². The highest BCUT2D eigenvalue weighted by Crippen LogP contribution is 2.25. The third-order valence-electron chi connectivity index (χ3n) is 2.56. The van der Waals surface area contributed by atoms with Crippen molar-refractivity contribution in [1.29, 1.82) is 0 Å². The van der Waals surface area contributed by atoms with Gasteiger partial charge in [-0.3, -0.25) is 4.99 Å². The lowest BCUT2D eigenvalue weighted by Gasteiger charge is -2.26. The van der Waals surface area contributed by atoms with Crippen LogP contribution >= 0.6 is 0 Å². The van der Waals surface area contributed by atoms with Gasteiger partial charge in [0.15, 0.2) is 0 Å². The van der Waals surface area contributed by atoms with Crippen LogP contribution in [0.5, 0.6) is 0 Å². The minimum absolute atomic E-state index is 0.110. The van der Waals surface area contributed by atoms with Gasteiger partial charge in [0, 0.05) is 7.05 Å². The third-order valence-corrected chi connectivity index (χ3v) is 2.56. The summed E-state index contributed by atoms with van der Waals surface area (Å²) in [7, 11) is 2.10. The van der Waals surface area contributed by atoms with Crippen molar-refractivity contribution >= 4 is 5.84 Å². The molecule has 0 aromatic heterocycles. The second kappa shape index (κ2) is 1.97. The van der Waals surface area contributed by atoms with Gasteiger partial charge in [0.25, 0.3) is 0 Å². The molecule has 0 spiro atoms. The van der Waals surface area contributed by atoms with Crippen LogP contribution in [0.4, 0.5) is 0 Å². The molecule has 1 aliphatic heterocycles. The summed E-state index contributed by atoms with van der Waals surface area (Å²) >= 11 is 0. The van der Waals surface area contributed by atoms with E-state index in [1.165, 1.54) is 0 Å². The third kappa shape index (κ3) is 0.917. The highest BCUT2D eigenvalue weighted by molar-refractivity contribution is 5.82. The highest BCUT2D eigenvalue weighted by atomic mass is 15.3. The maximum atomic E-state index is 4.53. The van der Waals surface area contributed by atoms with Crippen LogP contribution in [-0.2, 0) is 0 Å². The zero-order chi connectivity index (χ0) is 7.94. The molecule has 2 heteroatoms. The molecule has 58 valence electrons. The zero-order valence-corrected chi connectivity index (χ0v) is 7.47. The number of amidine groups is 1. The number of hydrogen-bond acceptors (Lipinski definition) is 2. The monoisotopic (exact) mass is 140 g/mol. The molecule has 0 aromatic carbocycles. The lowest BCUT2D eigenvalue weighted by atomic mass is 9.98. The van der Waals surface area contributed by atoms with Gasteiger partial charge in [-0.1, -0.05) is 0 Å². The Kier molecular flexibility index (Phi) is 1.50. The molecule has 1 atom stereocenters. The topological polar surface area (TPSA) is 15.6 Å². The Morgan fingerprint density at radius 1 is 1.50 bits per heavy atom. The Morgan fingerprint density at radius 2 is 2.00 bits per heavy atom. The SMILES string of the molecule is CC1=NC(C)(C)C(C)N1C. The number of hydrogen-bond donors (Lipinski definition) is 0. The second-order valence-electron chi connectivity index (χ2n) is 3.60. The molecular weight excluding hydrogens is 124 g/mol. The molecule has 10 heavy (non-hydrogen) atoms. The largest absolute Gasteiger partial charge is 0.359 e. The van der Waals surface area contributed by atoms with Crippen LogP contribution in [0.15, 0.2) is 4.99 Å². The molecule has 0 aromatic rings. The average Bonchev–Trinajstić information content (AvgIpc) is 1.95. The minimum Gasteiger partial charge on any atom is -0.359 e. The Hall–Kier alpha value is -0.530. The van der Waals surface area contributed by atoms with Gasteiger partial charge in [-0.15, -0.1) is 0 Å². The Balaban J connectivity index is 2.87. The van der Waals surface area contributed by atoms with Crippen molar-refractivity contribution in [1.82, 2.24) is 4.90 Å². The maximum Gasteiger partial charge on any atom is 0.0965 e. The van der Waals surface area contributed by atoms with Gasteiger partial charge in [-0.25, -0.2) is 0 Å². The summed E-state index contributed by atoms with van der Waals surface area (Å²) in [5, 5.41) is 0. The van der Waals surface area contributed by atoms with E-state index in [1.54, 1.807) is 0 Å². The Morgan fingerprint density at radius 3 is 2.10 bits per heavy atom. The Bertz CT molecular complexity index is 170. The highest BCUT2D eigenvalue weighted by Gasteiger charge is 2.34. The number of likely N-dealkylation sites (N-methyl/N-ethyl adjacent to an activating group) is 1. The standard InChI is InChI=1S/C8H16N2/c1-6-8(3,4)9-7(2)10(6)5/h6H,1-5H3. The lowest BCUT2D eigenvalue weighted by Crippen LogP contribution is -2.38. The van der Waals surface area contributed by atoms with Crippen LogP contribution in [0, 0.1) is 0 Å².